The number of fused-ring (bicyclic) bond motifs is 2. The van der Waals surface area contributed by atoms with Gasteiger partial charge in [-0.15, -0.1) is 11.3 Å². The first-order valence-electron chi connectivity index (χ1n) is 10.3. The van der Waals surface area contributed by atoms with Gasteiger partial charge < -0.3 is 9.88 Å². The van der Waals surface area contributed by atoms with Gasteiger partial charge in [-0.25, -0.2) is 9.97 Å². The number of hydrogen-bond donors (Lipinski definition) is 1. The Bertz CT molecular complexity index is 1520. The van der Waals surface area contributed by atoms with Gasteiger partial charge in [-0.2, -0.15) is 0 Å². The van der Waals surface area contributed by atoms with E-state index < -0.39 is 5.91 Å². The topological polar surface area (TPSA) is 76.9 Å². The number of aromatic nitrogens is 3. The zero-order valence-corrected chi connectivity index (χ0v) is 18.4. The van der Waals surface area contributed by atoms with Crippen molar-refractivity contribution in [3.05, 3.63) is 88.3 Å². The van der Waals surface area contributed by atoms with Gasteiger partial charge in [0, 0.05) is 29.7 Å². The summed E-state index contributed by atoms with van der Waals surface area (Å²) >= 11 is 1.60. The van der Waals surface area contributed by atoms with Crippen LogP contribution in [0.1, 0.15) is 23.0 Å². The number of nitrogens with zero attached hydrogens (tertiary/aromatic N) is 3. The Morgan fingerprint density at radius 3 is 2.72 bits per heavy atom. The van der Waals surface area contributed by atoms with Crippen molar-refractivity contribution in [2.24, 2.45) is 0 Å². The lowest BCUT2D eigenvalue weighted by atomic mass is 10.1. The van der Waals surface area contributed by atoms with E-state index >= 15 is 0 Å². The SMILES string of the molecule is CCn1cc(C(=O)Nc2cccc(-c3nc4ccccc4s3)c2)c(=O)c2ccc(C)nc21. The highest BCUT2D eigenvalue weighted by molar-refractivity contribution is 7.21. The van der Waals surface area contributed by atoms with Crippen LogP contribution in [-0.4, -0.2) is 20.4 Å². The summed E-state index contributed by atoms with van der Waals surface area (Å²) in [7, 11) is 0. The van der Waals surface area contributed by atoms with Crippen molar-refractivity contribution in [3.8, 4) is 10.6 Å². The minimum Gasteiger partial charge on any atom is -0.332 e. The van der Waals surface area contributed by atoms with Crippen molar-refractivity contribution in [1.29, 1.82) is 0 Å². The van der Waals surface area contributed by atoms with E-state index in [-0.39, 0.29) is 11.0 Å². The molecule has 1 N–H and O–H groups in total. The monoisotopic (exact) mass is 440 g/mol. The lowest BCUT2D eigenvalue weighted by Gasteiger charge is -2.12. The molecule has 5 rings (SSSR count). The molecule has 0 aliphatic carbocycles. The number of nitrogens with one attached hydrogen (secondary N) is 1. The zero-order valence-electron chi connectivity index (χ0n) is 17.6. The third-order valence-corrected chi connectivity index (χ3v) is 6.39. The van der Waals surface area contributed by atoms with Gasteiger partial charge in [0.2, 0.25) is 5.43 Å². The van der Waals surface area contributed by atoms with Crippen LogP contribution in [0.25, 0.3) is 31.8 Å². The van der Waals surface area contributed by atoms with E-state index in [0.29, 0.717) is 23.3 Å². The largest absolute Gasteiger partial charge is 0.332 e. The van der Waals surface area contributed by atoms with Gasteiger partial charge in [0.1, 0.15) is 16.2 Å². The standard InChI is InChI=1S/C25H20N4O2S/c1-3-29-14-19(22(30)18-12-11-15(2)26-23(18)29)24(31)27-17-8-6-7-16(13-17)25-28-20-9-4-5-10-21(20)32-25/h4-14H,3H2,1-2H3,(H,27,31). The number of para-hydroxylation sites is 1. The Balaban J connectivity index is 1.50. The minimum absolute atomic E-state index is 0.0930. The molecule has 6 nitrogen and oxygen atoms in total. The summed E-state index contributed by atoms with van der Waals surface area (Å²) in [6.45, 7) is 4.43. The molecule has 3 aromatic heterocycles. The summed E-state index contributed by atoms with van der Waals surface area (Å²) in [4.78, 5) is 35.2. The summed E-state index contributed by atoms with van der Waals surface area (Å²) in [6.07, 6.45) is 1.59. The second-order valence-electron chi connectivity index (χ2n) is 7.50. The van der Waals surface area contributed by atoms with E-state index in [1.165, 1.54) is 0 Å². The average molecular weight is 441 g/mol. The van der Waals surface area contributed by atoms with Gasteiger partial charge in [0.05, 0.1) is 15.6 Å². The number of hydrogen-bond acceptors (Lipinski definition) is 5. The number of benzene rings is 2. The molecule has 0 saturated heterocycles. The average Bonchev–Trinajstić information content (AvgIpc) is 3.24. The fourth-order valence-corrected chi connectivity index (χ4v) is 4.65. The van der Waals surface area contributed by atoms with Crippen LogP contribution in [-0.2, 0) is 6.54 Å². The van der Waals surface area contributed by atoms with E-state index in [1.54, 1.807) is 35.7 Å². The van der Waals surface area contributed by atoms with E-state index in [0.717, 1.165) is 26.5 Å². The Morgan fingerprint density at radius 1 is 1.06 bits per heavy atom. The fourth-order valence-electron chi connectivity index (χ4n) is 3.69. The van der Waals surface area contributed by atoms with Gasteiger partial charge in [0.25, 0.3) is 5.91 Å². The van der Waals surface area contributed by atoms with Crippen LogP contribution >= 0.6 is 11.3 Å². The Labute approximate surface area is 188 Å². The summed E-state index contributed by atoms with van der Waals surface area (Å²) in [6, 6.07) is 19.0. The van der Waals surface area contributed by atoms with Gasteiger partial charge >= 0.3 is 0 Å². The van der Waals surface area contributed by atoms with Crippen molar-refractivity contribution >= 4 is 44.2 Å². The molecular formula is C25H20N4O2S. The van der Waals surface area contributed by atoms with Crippen LogP contribution in [0.4, 0.5) is 5.69 Å². The molecule has 2 aromatic carbocycles. The third kappa shape index (κ3) is 3.56. The molecule has 0 aliphatic rings. The molecule has 0 saturated carbocycles. The van der Waals surface area contributed by atoms with Crippen molar-refractivity contribution in [1.82, 2.24) is 14.5 Å². The molecule has 0 bridgehead atoms. The highest BCUT2D eigenvalue weighted by Gasteiger charge is 2.17. The Hall–Kier alpha value is -3.84. The Morgan fingerprint density at radius 2 is 1.91 bits per heavy atom. The number of carbonyl (C=O) groups is 1. The molecule has 158 valence electrons. The molecule has 0 fully saturated rings. The van der Waals surface area contributed by atoms with Crippen LogP contribution in [0.3, 0.4) is 0 Å². The van der Waals surface area contributed by atoms with E-state index in [1.807, 2.05) is 60.9 Å². The summed E-state index contributed by atoms with van der Waals surface area (Å²) in [5.41, 5.74) is 3.65. The first-order valence-corrected chi connectivity index (χ1v) is 11.1. The number of carbonyl (C=O) groups excluding carboxylic acids is 1. The number of anilines is 1. The smallest absolute Gasteiger partial charge is 0.261 e. The highest BCUT2D eigenvalue weighted by Crippen LogP contribution is 2.31. The quantitative estimate of drug-likeness (QED) is 0.414. The molecule has 7 heteroatoms. The van der Waals surface area contributed by atoms with Gasteiger partial charge in [-0.3, -0.25) is 9.59 Å². The molecule has 32 heavy (non-hydrogen) atoms. The molecule has 0 aliphatic heterocycles. The van der Waals surface area contributed by atoms with E-state index in [9.17, 15) is 9.59 Å². The molecule has 0 unspecified atom stereocenters. The number of pyridine rings is 2. The maximum Gasteiger partial charge on any atom is 0.261 e. The van der Waals surface area contributed by atoms with Crippen molar-refractivity contribution in [3.63, 3.8) is 0 Å². The minimum atomic E-state index is -0.443. The first kappa shape index (κ1) is 20.1. The van der Waals surface area contributed by atoms with Crippen LogP contribution in [0.15, 0.2) is 71.7 Å². The second-order valence-corrected chi connectivity index (χ2v) is 8.53. The predicted molar refractivity (Wildman–Crippen MR) is 129 cm³/mol. The fraction of sp³-hybridized carbons (Fsp3) is 0.120. The number of thiazole rings is 1. The summed E-state index contributed by atoms with van der Waals surface area (Å²) < 4.78 is 2.94. The lowest BCUT2D eigenvalue weighted by molar-refractivity contribution is 0.102. The molecule has 1 amide bonds. The number of rotatable bonds is 4. The number of aryl methyl sites for hydroxylation is 2. The van der Waals surface area contributed by atoms with Crippen molar-refractivity contribution < 1.29 is 4.79 Å². The zero-order chi connectivity index (χ0) is 22.2. The van der Waals surface area contributed by atoms with Crippen LogP contribution in [0.2, 0.25) is 0 Å². The first-order chi connectivity index (χ1) is 15.5. The van der Waals surface area contributed by atoms with Crippen LogP contribution in [0.5, 0.6) is 0 Å². The highest BCUT2D eigenvalue weighted by atomic mass is 32.1. The molecule has 5 aromatic rings. The molecule has 0 atom stereocenters. The van der Waals surface area contributed by atoms with Gasteiger partial charge in [0.15, 0.2) is 0 Å². The lowest BCUT2D eigenvalue weighted by Crippen LogP contribution is -2.24. The maximum absolute atomic E-state index is 13.0. The Kier molecular flexibility index (Phi) is 5.03. The van der Waals surface area contributed by atoms with Crippen molar-refractivity contribution in [2.45, 2.75) is 20.4 Å². The molecule has 0 spiro atoms. The third-order valence-electron chi connectivity index (χ3n) is 5.31. The predicted octanol–water partition coefficient (Wildman–Crippen LogP) is 5.25. The summed E-state index contributed by atoms with van der Waals surface area (Å²) in [5.74, 6) is -0.443. The normalized spacial score (nSPS) is 11.2. The molecular weight excluding hydrogens is 420 g/mol. The maximum atomic E-state index is 13.0. The van der Waals surface area contributed by atoms with E-state index in [4.69, 9.17) is 0 Å². The van der Waals surface area contributed by atoms with E-state index in [2.05, 4.69) is 15.3 Å². The van der Waals surface area contributed by atoms with Crippen molar-refractivity contribution in [2.75, 3.05) is 5.32 Å². The number of amides is 1. The van der Waals surface area contributed by atoms with Crippen LogP contribution in [0, 0.1) is 6.92 Å². The molecule has 0 radical (unpaired) electrons. The second kappa shape index (κ2) is 8.01. The summed E-state index contributed by atoms with van der Waals surface area (Å²) in [5, 5.41) is 4.19. The van der Waals surface area contributed by atoms with Crippen LogP contribution < -0.4 is 10.7 Å². The van der Waals surface area contributed by atoms with Gasteiger partial charge in [-0.1, -0.05) is 24.3 Å². The molecule has 3 heterocycles. The van der Waals surface area contributed by atoms with Gasteiger partial charge in [-0.05, 0) is 50.2 Å².